The molecule has 1 saturated carbocycles. The zero-order valence-electron chi connectivity index (χ0n) is 15.2. The molecule has 2 aromatic carbocycles. The van der Waals surface area contributed by atoms with Gasteiger partial charge in [-0.25, -0.2) is 0 Å². The van der Waals surface area contributed by atoms with Crippen LogP contribution >= 0.6 is 63.7 Å². The maximum absolute atomic E-state index is 5.82. The maximum Gasteiger partial charge on any atom is 0.137 e. The van der Waals surface area contributed by atoms with Crippen molar-refractivity contribution in [3.8, 4) is 11.5 Å². The SMILES string of the molecule is COc1c(Br)cc2cc1C1(Br)CCC1(Br)c1cc(cc(Br)c1OC)CCC2. The van der Waals surface area contributed by atoms with Crippen LogP contribution in [0.25, 0.3) is 0 Å². The van der Waals surface area contributed by atoms with Crippen LogP contribution in [0, 0.1) is 0 Å². The first-order chi connectivity index (χ1) is 12.8. The lowest BCUT2D eigenvalue weighted by Crippen LogP contribution is -2.50. The predicted molar refractivity (Wildman–Crippen MR) is 124 cm³/mol. The normalized spacial score (nSPS) is 26.4. The van der Waals surface area contributed by atoms with Crippen molar-refractivity contribution in [1.29, 1.82) is 0 Å². The molecule has 2 atom stereocenters. The van der Waals surface area contributed by atoms with Gasteiger partial charge in [-0.2, -0.15) is 0 Å². The fourth-order valence-corrected chi connectivity index (χ4v) is 7.50. The minimum absolute atomic E-state index is 0.278. The lowest BCUT2D eigenvalue weighted by Gasteiger charge is -2.54. The molecule has 2 aliphatic carbocycles. The highest BCUT2D eigenvalue weighted by Gasteiger charge is 2.60. The van der Waals surface area contributed by atoms with Gasteiger partial charge in [0.25, 0.3) is 0 Å². The number of aryl methyl sites for hydroxylation is 2. The van der Waals surface area contributed by atoms with Crippen molar-refractivity contribution in [3.63, 3.8) is 0 Å². The lowest BCUT2D eigenvalue weighted by molar-refractivity contribution is 0.262. The molecule has 4 bridgehead atoms. The van der Waals surface area contributed by atoms with Crippen LogP contribution in [0.5, 0.6) is 11.5 Å². The number of ether oxygens (including phenoxy) is 2. The van der Waals surface area contributed by atoms with Crippen LogP contribution < -0.4 is 9.47 Å². The molecule has 0 N–H and O–H groups in total. The van der Waals surface area contributed by atoms with Gasteiger partial charge in [0.15, 0.2) is 0 Å². The third-order valence-corrected chi connectivity index (χ3v) is 10.6. The fourth-order valence-electron chi connectivity index (χ4n) is 4.35. The quantitative estimate of drug-likeness (QED) is 0.325. The number of benzene rings is 2. The molecule has 0 aliphatic heterocycles. The Labute approximate surface area is 193 Å². The number of halogens is 4. The summed E-state index contributed by atoms with van der Waals surface area (Å²) in [6.07, 6.45) is 5.19. The molecule has 144 valence electrons. The number of methoxy groups -OCH3 is 2. The maximum atomic E-state index is 5.82. The van der Waals surface area contributed by atoms with Crippen LogP contribution in [0.2, 0.25) is 0 Å². The minimum atomic E-state index is -0.278. The number of fused-ring (bicyclic) bond motifs is 7. The van der Waals surface area contributed by atoms with Crippen LogP contribution in [0.1, 0.15) is 41.5 Å². The number of alkyl halides is 2. The van der Waals surface area contributed by atoms with Crippen molar-refractivity contribution >= 4 is 63.7 Å². The van der Waals surface area contributed by atoms with Gasteiger partial charge in [-0.3, -0.25) is 0 Å². The topological polar surface area (TPSA) is 18.5 Å². The molecule has 0 amide bonds. The second-order valence-corrected chi connectivity index (χ2v) is 11.7. The Morgan fingerprint density at radius 2 is 1.15 bits per heavy atom. The van der Waals surface area contributed by atoms with Gasteiger partial charge in [0.2, 0.25) is 0 Å². The number of rotatable bonds is 2. The standard InChI is InChI=1S/C21H20Br4O2/c1-26-18-14-8-12(10-16(18)22)4-3-5-13-9-15(19(27-2)17(23)11-13)21(25)7-6-20(14,21)24/h8-11H,3-7H2,1-2H3. The van der Waals surface area contributed by atoms with E-state index in [-0.39, 0.29) is 8.65 Å². The summed E-state index contributed by atoms with van der Waals surface area (Å²) in [4.78, 5) is 0. The number of hydrogen-bond acceptors (Lipinski definition) is 2. The first-order valence-electron chi connectivity index (χ1n) is 8.95. The Hall–Kier alpha value is -0.0400. The first kappa shape index (κ1) is 20.2. The Morgan fingerprint density at radius 1 is 0.741 bits per heavy atom. The van der Waals surface area contributed by atoms with Gasteiger partial charge in [0.05, 0.1) is 31.8 Å². The van der Waals surface area contributed by atoms with Crippen molar-refractivity contribution in [1.82, 2.24) is 0 Å². The highest BCUT2D eigenvalue weighted by Crippen LogP contribution is 2.69. The second kappa shape index (κ2) is 7.33. The van der Waals surface area contributed by atoms with Gasteiger partial charge in [0.1, 0.15) is 11.5 Å². The van der Waals surface area contributed by atoms with E-state index in [1.807, 2.05) is 0 Å². The Bertz CT molecular complexity index is 840. The molecule has 0 spiro atoms. The van der Waals surface area contributed by atoms with Crippen molar-refractivity contribution in [3.05, 3.63) is 55.5 Å². The smallest absolute Gasteiger partial charge is 0.137 e. The minimum Gasteiger partial charge on any atom is -0.495 e. The van der Waals surface area contributed by atoms with Crippen LogP contribution in [-0.2, 0) is 21.5 Å². The molecule has 2 aliphatic rings. The van der Waals surface area contributed by atoms with E-state index < -0.39 is 0 Å². The molecule has 6 heteroatoms. The summed E-state index contributed by atoms with van der Waals surface area (Å²) < 4.78 is 13.1. The van der Waals surface area contributed by atoms with E-state index in [0.717, 1.165) is 52.5 Å². The highest BCUT2D eigenvalue weighted by molar-refractivity contribution is 9.12. The summed E-state index contributed by atoms with van der Waals surface area (Å²) in [5.41, 5.74) is 5.03. The molecule has 0 radical (unpaired) electrons. The van der Waals surface area contributed by atoms with Crippen molar-refractivity contribution < 1.29 is 9.47 Å². The van der Waals surface area contributed by atoms with Crippen LogP contribution in [0.4, 0.5) is 0 Å². The zero-order chi connectivity index (χ0) is 19.4. The molecule has 2 aromatic rings. The zero-order valence-corrected chi connectivity index (χ0v) is 21.5. The van der Waals surface area contributed by atoms with E-state index in [9.17, 15) is 0 Å². The van der Waals surface area contributed by atoms with E-state index in [1.165, 1.54) is 22.3 Å². The Morgan fingerprint density at radius 3 is 1.48 bits per heavy atom. The van der Waals surface area contributed by atoms with E-state index >= 15 is 0 Å². The molecule has 0 aromatic heterocycles. The molecule has 2 unspecified atom stereocenters. The molecule has 2 nitrogen and oxygen atoms in total. The molecule has 0 saturated heterocycles. The van der Waals surface area contributed by atoms with Gasteiger partial charge in [0, 0.05) is 11.1 Å². The van der Waals surface area contributed by atoms with E-state index in [1.54, 1.807) is 14.2 Å². The van der Waals surface area contributed by atoms with Crippen LogP contribution in [0.3, 0.4) is 0 Å². The summed E-state index contributed by atoms with van der Waals surface area (Å²) >= 11 is 15.7. The van der Waals surface area contributed by atoms with Gasteiger partial charge in [-0.1, -0.05) is 44.0 Å². The summed E-state index contributed by atoms with van der Waals surface area (Å²) in [6, 6.07) is 9.00. The van der Waals surface area contributed by atoms with Gasteiger partial charge in [-0.05, 0) is 87.2 Å². The molecular weight excluding hydrogens is 604 g/mol. The fraction of sp³-hybridized carbons (Fsp3) is 0.429. The summed E-state index contributed by atoms with van der Waals surface area (Å²) in [5.74, 6) is 1.79. The first-order valence-corrected chi connectivity index (χ1v) is 12.1. The summed E-state index contributed by atoms with van der Waals surface area (Å²) in [6.45, 7) is 0. The molecule has 4 rings (SSSR count). The van der Waals surface area contributed by atoms with Crippen LogP contribution in [-0.4, -0.2) is 14.2 Å². The van der Waals surface area contributed by atoms with Gasteiger partial charge in [-0.15, -0.1) is 0 Å². The van der Waals surface area contributed by atoms with E-state index in [2.05, 4.69) is 88.0 Å². The average molecular weight is 624 g/mol. The summed E-state index contributed by atoms with van der Waals surface area (Å²) in [7, 11) is 3.48. The van der Waals surface area contributed by atoms with E-state index in [4.69, 9.17) is 9.47 Å². The van der Waals surface area contributed by atoms with Crippen molar-refractivity contribution in [2.75, 3.05) is 14.2 Å². The molecule has 0 heterocycles. The van der Waals surface area contributed by atoms with Gasteiger partial charge >= 0.3 is 0 Å². The summed E-state index contributed by atoms with van der Waals surface area (Å²) in [5, 5.41) is 0. The highest BCUT2D eigenvalue weighted by atomic mass is 79.9. The van der Waals surface area contributed by atoms with Crippen LogP contribution in [0.15, 0.2) is 33.2 Å². The second-order valence-electron chi connectivity index (χ2n) is 7.27. The average Bonchev–Trinajstić information content (AvgIpc) is 2.64. The third-order valence-electron chi connectivity index (χ3n) is 5.84. The Kier molecular flexibility index (Phi) is 5.50. The third kappa shape index (κ3) is 3.04. The largest absolute Gasteiger partial charge is 0.495 e. The monoisotopic (exact) mass is 620 g/mol. The lowest BCUT2D eigenvalue weighted by atomic mass is 9.65. The number of hydrogen-bond donors (Lipinski definition) is 0. The molecule has 1 fully saturated rings. The van der Waals surface area contributed by atoms with Gasteiger partial charge < -0.3 is 9.47 Å². The van der Waals surface area contributed by atoms with Crippen molar-refractivity contribution in [2.24, 2.45) is 0 Å². The molecular formula is C21H20Br4O2. The Balaban J connectivity index is 2.02. The predicted octanol–water partition coefficient (Wildman–Crippen LogP) is 7.39. The van der Waals surface area contributed by atoms with E-state index in [0.29, 0.717) is 0 Å². The van der Waals surface area contributed by atoms with Crippen molar-refractivity contribution in [2.45, 2.75) is 40.8 Å². The molecule has 27 heavy (non-hydrogen) atoms.